The third kappa shape index (κ3) is 7.39. The van der Waals surface area contributed by atoms with Crippen LogP contribution in [0.15, 0.2) is 24.3 Å². The van der Waals surface area contributed by atoms with Gasteiger partial charge in [-0.15, -0.1) is 0 Å². The van der Waals surface area contributed by atoms with Crippen LogP contribution >= 0.6 is 0 Å². The van der Waals surface area contributed by atoms with Gasteiger partial charge >= 0.3 is 11.9 Å². The molecule has 0 aliphatic rings. The SMILES string of the molecule is CCCCCCCC(=O)OC(=O)c1ccc(CC(C)C)cc1. The van der Waals surface area contributed by atoms with Crippen LogP contribution in [0.1, 0.15) is 75.2 Å². The molecule has 0 radical (unpaired) electrons. The Morgan fingerprint density at radius 1 is 1.00 bits per heavy atom. The molecular formula is C19H28O3. The first-order chi connectivity index (χ1) is 10.5. The number of rotatable bonds is 9. The van der Waals surface area contributed by atoms with Crippen molar-refractivity contribution in [3.63, 3.8) is 0 Å². The molecule has 0 saturated carbocycles. The Morgan fingerprint density at radius 2 is 1.64 bits per heavy atom. The molecule has 0 fully saturated rings. The molecule has 0 N–H and O–H groups in total. The van der Waals surface area contributed by atoms with Crippen LogP contribution in [0, 0.1) is 5.92 Å². The fourth-order valence-electron chi connectivity index (χ4n) is 2.33. The van der Waals surface area contributed by atoms with Crippen molar-refractivity contribution >= 4 is 11.9 Å². The molecule has 0 aliphatic heterocycles. The van der Waals surface area contributed by atoms with Crippen molar-refractivity contribution in [1.29, 1.82) is 0 Å². The monoisotopic (exact) mass is 304 g/mol. The summed E-state index contributed by atoms with van der Waals surface area (Å²) in [6.45, 7) is 6.46. The van der Waals surface area contributed by atoms with E-state index in [0.29, 0.717) is 17.9 Å². The minimum atomic E-state index is -0.547. The highest BCUT2D eigenvalue weighted by atomic mass is 16.6. The Hall–Kier alpha value is -1.64. The smallest absolute Gasteiger partial charge is 0.345 e. The fraction of sp³-hybridized carbons (Fsp3) is 0.579. The van der Waals surface area contributed by atoms with Gasteiger partial charge in [0.05, 0.1) is 5.56 Å². The molecule has 0 aliphatic carbocycles. The van der Waals surface area contributed by atoms with Crippen LogP contribution in [0.3, 0.4) is 0 Å². The molecule has 0 spiro atoms. The molecular weight excluding hydrogens is 276 g/mol. The average Bonchev–Trinajstić information content (AvgIpc) is 2.47. The van der Waals surface area contributed by atoms with Gasteiger partial charge in [-0.05, 0) is 36.5 Å². The number of carbonyl (C=O) groups excluding carboxylic acids is 2. The molecule has 1 aromatic rings. The summed E-state index contributed by atoms with van der Waals surface area (Å²) in [7, 11) is 0. The highest BCUT2D eigenvalue weighted by Crippen LogP contribution is 2.11. The summed E-state index contributed by atoms with van der Waals surface area (Å²) in [6.07, 6.45) is 6.61. The first-order valence-electron chi connectivity index (χ1n) is 8.37. The molecule has 3 nitrogen and oxygen atoms in total. The molecule has 1 rings (SSSR count). The highest BCUT2D eigenvalue weighted by molar-refractivity contribution is 5.96. The summed E-state index contributed by atoms with van der Waals surface area (Å²) in [4.78, 5) is 23.5. The van der Waals surface area contributed by atoms with Crippen molar-refractivity contribution in [1.82, 2.24) is 0 Å². The zero-order valence-corrected chi connectivity index (χ0v) is 14.1. The van der Waals surface area contributed by atoms with E-state index in [1.165, 1.54) is 18.4 Å². The van der Waals surface area contributed by atoms with E-state index >= 15 is 0 Å². The molecule has 0 amide bonds. The summed E-state index contributed by atoms with van der Waals surface area (Å²) < 4.78 is 4.89. The molecule has 1 aromatic carbocycles. The van der Waals surface area contributed by atoms with Crippen molar-refractivity contribution in [2.75, 3.05) is 0 Å². The van der Waals surface area contributed by atoms with Gasteiger partial charge < -0.3 is 4.74 Å². The van der Waals surface area contributed by atoms with E-state index in [1.807, 2.05) is 12.1 Å². The molecule has 0 saturated heterocycles. The predicted octanol–water partition coefficient (Wildman–Crippen LogP) is 4.93. The van der Waals surface area contributed by atoms with Crippen molar-refractivity contribution in [3.8, 4) is 0 Å². The van der Waals surface area contributed by atoms with E-state index in [-0.39, 0.29) is 0 Å². The standard InChI is InChI=1S/C19H28O3/c1-4-5-6-7-8-9-18(20)22-19(21)17-12-10-16(11-13-17)14-15(2)3/h10-13,15H,4-9,14H2,1-3H3. The lowest BCUT2D eigenvalue weighted by atomic mass is 10.0. The van der Waals surface area contributed by atoms with Gasteiger partial charge in [0.1, 0.15) is 0 Å². The molecule has 0 bridgehead atoms. The fourth-order valence-corrected chi connectivity index (χ4v) is 2.33. The maximum atomic E-state index is 11.9. The van der Waals surface area contributed by atoms with Gasteiger partial charge in [-0.25, -0.2) is 4.79 Å². The quantitative estimate of drug-likeness (QED) is 0.369. The van der Waals surface area contributed by atoms with Crippen molar-refractivity contribution in [2.45, 2.75) is 65.7 Å². The summed E-state index contributed by atoms with van der Waals surface area (Å²) in [5.74, 6) is -0.394. The summed E-state index contributed by atoms with van der Waals surface area (Å²) in [5, 5.41) is 0. The Morgan fingerprint density at radius 3 is 2.23 bits per heavy atom. The number of unbranched alkanes of at least 4 members (excludes halogenated alkanes) is 4. The zero-order chi connectivity index (χ0) is 16.4. The third-order valence-electron chi connectivity index (χ3n) is 3.52. The maximum absolute atomic E-state index is 11.9. The lowest BCUT2D eigenvalue weighted by Gasteiger charge is -2.06. The molecule has 0 heterocycles. The first-order valence-corrected chi connectivity index (χ1v) is 8.37. The van der Waals surface area contributed by atoms with Gasteiger partial charge in [0.25, 0.3) is 0 Å². The normalized spacial score (nSPS) is 10.7. The topological polar surface area (TPSA) is 43.4 Å². The van der Waals surface area contributed by atoms with Gasteiger partial charge in [0.15, 0.2) is 0 Å². The van der Waals surface area contributed by atoms with Crippen LogP contribution in [0.5, 0.6) is 0 Å². The first kappa shape index (κ1) is 18.4. The lowest BCUT2D eigenvalue weighted by Crippen LogP contribution is -2.12. The second kappa shape index (κ2) is 10.1. The number of ether oxygens (including phenoxy) is 1. The summed E-state index contributed by atoms with van der Waals surface area (Å²) in [5.41, 5.74) is 1.63. The Balaban J connectivity index is 2.36. The molecule has 0 unspecified atom stereocenters. The largest absolute Gasteiger partial charge is 0.389 e. The van der Waals surface area contributed by atoms with Gasteiger partial charge in [-0.3, -0.25) is 4.79 Å². The molecule has 0 aromatic heterocycles. The molecule has 22 heavy (non-hydrogen) atoms. The van der Waals surface area contributed by atoms with E-state index in [0.717, 1.165) is 25.7 Å². The maximum Gasteiger partial charge on any atom is 0.345 e. The third-order valence-corrected chi connectivity index (χ3v) is 3.52. The van der Waals surface area contributed by atoms with Gasteiger partial charge in [0.2, 0.25) is 0 Å². The Kier molecular flexibility index (Phi) is 8.49. The minimum Gasteiger partial charge on any atom is -0.389 e. The van der Waals surface area contributed by atoms with E-state index in [1.54, 1.807) is 12.1 Å². The zero-order valence-electron chi connectivity index (χ0n) is 14.1. The predicted molar refractivity (Wildman–Crippen MR) is 88.8 cm³/mol. The molecule has 122 valence electrons. The van der Waals surface area contributed by atoms with E-state index in [4.69, 9.17) is 4.74 Å². The van der Waals surface area contributed by atoms with Crippen LogP contribution in [0.25, 0.3) is 0 Å². The number of carbonyl (C=O) groups is 2. The van der Waals surface area contributed by atoms with E-state index in [9.17, 15) is 9.59 Å². The van der Waals surface area contributed by atoms with Gasteiger partial charge in [0, 0.05) is 6.42 Å². The van der Waals surface area contributed by atoms with Crippen LogP contribution in [0.2, 0.25) is 0 Å². The Bertz CT molecular complexity index is 460. The van der Waals surface area contributed by atoms with Gasteiger partial charge in [-0.1, -0.05) is 58.6 Å². The van der Waals surface area contributed by atoms with Crippen molar-refractivity contribution in [2.24, 2.45) is 5.92 Å². The molecule has 3 heteroatoms. The number of hydrogen-bond acceptors (Lipinski definition) is 3. The van der Waals surface area contributed by atoms with Crippen LogP contribution in [-0.2, 0) is 16.0 Å². The van der Waals surface area contributed by atoms with E-state index < -0.39 is 11.9 Å². The molecule has 0 atom stereocenters. The van der Waals surface area contributed by atoms with Crippen molar-refractivity contribution < 1.29 is 14.3 Å². The minimum absolute atomic E-state index is 0.320. The lowest BCUT2D eigenvalue weighted by molar-refractivity contribution is -0.138. The van der Waals surface area contributed by atoms with Crippen LogP contribution < -0.4 is 0 Å². The van der Waals surface area contributed by atoms with Crippen molar-refractivity contribution in [3.05, 3.63) is 35.4 Å². The second-order valence-corrected chi connectivity index (χ2v) is 6.22. The second-order valence-electron chi connectivity index (χ2n) is 6.22. The Labute approximate surface area is 134 Å². The van der Waals surface area contributed by atoms with E-state index in [2.05, 4.69) is 20.8 Å². The number of esters is 2. The van der Waals surface area contributed by atoms with Gasteiger partial charge in [-0.2, -0.15) is 0 Å². The van der Waals surface area contributed by atoms with Crippen LogP contribution in [-0.4, -0.2) is 11.9 Å². The number of benzene rings is 1. The summed E-state index contributed by atoms with van der Waals surface area (Å²) >= 11 is 0. The number of hydrogen-bond donors (Lipinski definition) is 0. The average molecular weight is 304 g/mol. The highest BCUT2D eigenvalue weighted by Gasteiger charge is 2.12. The van der Waals surface area contributed by atoms with Crippen LogP contribution in [0.4, 0.5) is 0 Å². The summed E-state index contributed by atoms with van der Waals surface area (Å²) in [6, 6.07) is 7.31.